The maximum Gasteiger partial charge on any atom is 0.257 e. The van der Waals surface area contributed by atoms with E-state index in [1.165, 1.54) is 0 Å². The summed E-state index contributed by atoms with van der Waals surface area (Å²) in [7, 11) is 0. The van der Waals surface area contributed by atoms with Crippen LogP contribution in [0.4, 0.5) is 0 Å². The van der Waals surface area contributed by atoms with E-state index in [0.29, 0.717) is 25.3 Å². The number of nitrogens with zero attached hydrogens (tertiary/aromatic N) is 2. The number of carbonyl (C=O) groups excluding carboxylic acids is 1. The molecule has 2 aromatic rings. The van der Waals surface area contributed by atoms with Gasteiger partial charge in [-0.2, -0.15) is 0 Å². The van der Waals surface area contributed by atoms with Gasteiger partial charge in [-0.3, -0.25) is 9.69 Å². The molecule has 0 aliphatic carbocycles. The molecule has 0 unspecified atom stereocenters. The minimum atomic E-state index is -0.0994. The van der Waals surface area contributed by atoms with Crippen molar-refractivity contribution in [1.82, 2.24) is 9.80 Å². The highest BCUT2D eigenvalue weighted by Gasteiger charge is 2.23. The molecule has 0 spiro atoms. The number of amides is 1. The Balaban J connectivity index is 1.46. The Morgan fingerprint density at radius 1 is 1.08 bits per heavy atom. The highest BCUT2D eigenvalue weighted by molar-refractivity contribution is 5.97. The number of rotatable bonds is 5. The van der Waals surface area contributed by atoms with E-state index >= 15 is 0 Å². The van der Waals surface area contributed by atoms with Crippen LogP contribution in [-0.4, -0.2) is 60.1 Å². The Morgan fingerprint density at radius 3 is 2.48 bits per heavy atom. The number of benzene rings is 2. The minimum Gasteiger partial charge on any atom is -0.507 e. The van der Waals surface area contributed by atoms with Crippen molar-refractivity contribution in [2.24, 2.45) is 0 Å². The van der Waals surface area contributed by atoms with Gasteiger partial charge in [-0.05, 0) is 36.8 Å². The fraction of sp³-hybridized carbons (Fsp3) is 0.350. The van der Waals surface area contributed by atoms with Gasteiger partial charge in [0.05, 0.1) is 5.56 Å². The monoisotopic (exact) mass is 340 g/mol. The first-order valence-corrected chi connectivity index (χ1v) is 8.62. The zero-order chi connectivity index (χ0) is 17.6. The lowest BCUT2D eigenvalue weighted by Crippen LogP contribution is -2.49. The molecular formula is C20H24N2O3. The molecule has 5 heteroatoms. The molecule has 0 saturated carbocycles. The summed E-state index contributed by atoms with van der Waals surface area (Å²) in [6, 6.07) is 15.0. The van der Waals surface area contributed by atoms with Crippen LogP contribution in [0.3, 0.4) is 0 Å². The fourth-order valence-corrected chi connectivity index (χ4v) is 2.98. The van der Waals surface area contributed by atoms with E-state index in [9.17, 15) is 9.90 Å². The number of hydrogen-bond donors (Lipinski definition) is 1. The third-order valence-electron chi connectivity index (χ3n) is 4.46. The molecule has 1 aliphatic rings. The van der Waals surface area contributed by atoms with Crippen molar-refractivity contribution < 1.29 is 14.6 Å². The second-order valence-corrected chi connectivity index (χ2v) is 6.32. The van der Waals surface area contributed by atoms with Crippen LogP contribution in [-0.2, 0) is 0 Å². The Morgan fingerprint density at radius 2 is 1.80 bits per heavy atom. The van der Waals surface area contributed by atoms with Crippen LogP contribution < -0.4 is 4.74 Å². The number of phenolic OH excluding ortho intramolecular Hbond substituents is 1. The molecule has 25 heavy (non-hydrogen) atoms. The SMILES string of the molecule is Cc1ccc(C(=O)N2CCN(CCOc3ccccc3)CC2)c(O)c1. The first kappa shape index (κ1) is 17.3. The van der Waals surface area contributed by atoms with Crippen molar-refractivity contribution in [3.05, 3.63) is 59.7 Å². The molecule has 0 atom stereocenters. The molecule has 0 radical (unpaired) electrons. The highest BCUT2D eigenvalue weighted by Crippen LogP contribution is 2.21. The van der Waals surface area contributed by atoms with Gasteiger partial charge in [0.25, 0.3) is 5.91 Å². The van der Waals surface area contributed by atoms with Crippen LogP contribution in [0.1, 0.15) is 15.9 Å². The predicted molar refractivity (Wildman–Crippen MR) is 97.1 cm³/mol. The summed E-state index contributed by atoms with van der Waals surface area (Å²) < 4.78 is 5.72. The molecule has 2 aromatic carbocycles. The zero-order valence-electron chi connectivity index (χ0n) is 14.5. The van der Waals surface area contributed by atoms with E-state index < -0.39 is 0 Å². The first-order valence-electron chi connectivity index (χ1n) is 8.62. The molecule has 1 aliphatic heterocycles. The summed E-state index contributed by atoms with van der Waals surface area (Å²) in [5.74, 6) is 0.840. The van der Waals surface area contributed by atoms with Crippen molar-refractivity contribution in [1.29, 1.82) is 0 Å². The van der Waals surface area contributed by atoms with E-state index in [2.05, 4.69) is 4.90 Å². The lowest BCUT2D eigenvalue weighted by molar-refractivity contribution is 0.0617. The summed E-state index contributed by atoms with van der Waals surface area (Å²) >= 11 is 0. The van der Waals surface area contributed by atoms with Crippen LogP contribution in [0.15, 0.2) is 48.5 Å². The van der Waals surface area contributed by atoms with Gasteiger partial charge in [0, 0.05) is 32.7 Å². The fourth-order valence-electron chi connectivity index (χ4n) is 2.98. The summed E-state index contributed by atoms with van der Waals surface area (Å²) in [6.45, 7) is 6.33. The molecule has 1 fully saturated rings. The third-order valence-corrected chi connectivity index (χ3v) is 4.46. The van der Waals surface area contributed by atoms with Crippen LogP contribution in [0.5, 0.6) is 11.5 Å². The van der Waals surface area contributed by atoms with E-state index in [1.807, 2.05) is 43.3 Å². The molecule has 1 saturated heterocycles. The molecule has 1 heterocycles. The summed E-state index contributed by atoms with van der Waals surface area (Å²) in [4.78, 5) is 16.7. The predicted octanol–water partition coefficient (Wildman–Crippen LogP) is 2.54. The average Bonchev–Trinajstić information content (AvgIpc) is 2.63. The van der Waals surface area contributed by atoms with Crippen LogP contribution in [0, 0.1) is 6.92 Å². The van der Waals surface area contributed by atoms with Gasteiger partial charge in [0.15, 0.2) is 0 Å². The molecule has 0 bridgehead atoms. The van der Waals surface area contributed by atoms with Gasteiger partial charge in [0.1, 0.15) is 18.1 Å². The van der Waals surface area contributed by atoms with Crippen molar-refractivity contribution >= 4 is 5.91 Å². The third kappa shape index (κ3) is 4.51. The smallest absolute Gasteiger partial charge is 0.257 e. The molecule has 1 amide bonds. The highest BCUT2D eigenvalue weighted by atomic mass is 16.5. The molecule has 3 rings (SSSR count). The summed E-state index contributed by atoms with van der Waals surface area (Å²) in [5.41, 5.74) is 1.32. The molecule has 5 nitrogen and oxygen atoms in total. The topological polar surface area (TPSA) is 53.0 Å². The van der Waals surface area contributed by atoms with Gasteiger partial charge in [-0.25, -0.2) is 0 Å². The Kier molecular flexibility index (Phi) is 5.56. The number of carbonyl (C=O) groups is 1. The number of para-hydroxylation sites is 1. The van der Waals surface area contributed by atoms with E-state index in [4.69, 9.17) is 4.74 Å². The number of phenols is 1. The van der Waals surface area contributed by atoms with E-state index in [1.54, 1.807) is 17.0 Å². The van der Waals surface area contributed by atoms with Gasteiger partial charge < -0.3 is 14.7 Å². The Hall–Kier alpha value is -2.53. The van der Waals surface area contributed by atoms with Crippen LogP contribution in [0.2, 0.25) is 0 Å². The maximum atomic E-state index is 12.6. The number of hydrogen-bond acceptors (Lipinski definition) is 4. The number of ether oxygens (including phenoxy) is 1. The number of aromatic hydroxyl groups is 1. The summed E-state index contributed by atoms with van der Waals surface area (Å²) in [5, 5.41) is 9.99. The van der Waals surface area contributed by atoms with Crippen molar-refractivity contribution in [3.63, 3.8) is 0 Å². The Labute approximate surface area is 148 Å². The maximum absolute atomic E-state index is 12.6. The number of aryl methyl sites for hydroxylation is 1. The van der Waals surface area contributed by atoms with Crippen molar-refractivity contribution in [2.45, 2.75) is 6.92 Å². The molecule has 1 N–H and O–H groups in total. The second-order valence-electron chi connectivity index (χ2n) is 6.32. The number of piperazine rings is 1. The first-order chi connectivity index (χ1) is 12.1. The zero-order valence-corrected chi connectivity index (χ0v) is 14.5. The van der Waals surface area contributed by atoms with E-state index in [-0.39, 0.29) is 11.7 Å². The van der Waals surface area contributed by atoms with Crippen LogP contribution in [0.25, 0.3) is 0 Å². The Bertz CT molecular complexity index is 710. The largest absolute Gasteiger partial charge is 0.507 e. The van der Waals surface area contributed by atoms with Gasteiger partial charge in [0.2, 0.25) is 0 Å². The molecular weight excluding hydrogens is 316 g/mol. The second kappa shape index (κ2) is 8.03. The lowest BCUT2D eigenvalue weighted by atomic mass is 10.1. The normalized spacial score (nSPS) is 15.2. The quantitative estimate of drug-likeness (QED) is 0.909. The van der Waals surface area contributed by atoms with Crippen LogP contribution >= 0.6 is 0 Å². The summed E-state index contributed by atoms with van der Waals surface area (Å²) in [6.07, 6.45) is 0. The molecule has 132 valence electrons. The average molecular weight is 340 g/mol. The van der Waals surface area contributed by atoms with Gasteiger partial charge >= 0.3 is 0 Å². The standard InChI is InChI=1S/C20H24N2O3/c1-16-7-8-18(19(23)15-16)20(24)22-11-9-21(10-12-22)13-14-25-17-5-3-2-4-6-17/h2-8,15,23H,9-14H2,1H3. The van der Waals surface area contributed by atoms with Gasteiger partial charge in [-0.1, -0.05) is 24.3 Å². The lowest BCUT2D eigenvalue weighted by Gasteiger charge is -2.34. The van der Waals surface area contributed by atoms with Crippen molar-refractivity contribution in [2.75, 3.05) is 39.3 Å². The van der Waals surface area contributed by atoms with Crippen molar-refractivity contribution in [3.8, 4) is 11.5 Å². The van der Waals surface area contributed by atoms with Gasteiger partial charge in [-0.15, -0.1) is 0 Å². The van der Waals surface area contributed by atoms with E-state index in [0.717, 1.165) is 30.9 Å². The molecule has 0 aromatic heterocycles. The minimum absolute atomic E-state index is 0.0590.